The SMILES string of the molecule is CC(C)(C)CC(CC(=O)O)Nc1ccc(C(N)=O)cc1. The maximum atomic E-state index is 11.0. The van der Waals surface area contributed by atoms with E-state index in [4.69, 9.17) is 10.8 Å². The number of carboxylic acids is 1. The van der Waals surface area contributed by atoms with Crippen molar-refractivity contribution in [1.82, 2.24) is 0 Å². The number of benzene rings is 1. The zero-order valence-corrected chi connectivity index (χ0v) is 12.1. The predicted octanol–water partition coefficient (Wildman–Crippen LogP) is 2.48. The Morgan fingerprint density at radius 1 is 1.25 bits per heavy atom. The number of primary amides is 1. The summed E-state index contributed by atoms with van der Waals surface area (Å²) in [5.41, 5.74) is 6.42. The highest BCUT2D eigenvalue weighted by Gasteiger charge is 2.21. The van der Waals surface area contributed by atoms with Crippen molar-refractivity contribution in [2.75, 3.05) is 5.32 Å². The molecule has 1 amide bonds. The van der Waals surface area contributed by atoms with Gasteiger partial charge in [-0.3, -0.25) is 9.59 Å². The fourth-order valence-electron chi connectivity index (χ4n) is 2.09. The second-order valence-electron chi connectivity index (χ2n) is 6.15. The zero-order valence-electron chi connectivity index (χ0n) is 12.1. The third-order valence-electron chi connectivity index (χ3n) is 2.82. The molecule has 1 aromatic rings. The van der Waals surface area contributed by atoms with E-state index in [-0.39, 0.29) is 17.9 Å². The number of amides is 1. The normalized spacial score (nSPS) is 12.8. The lowest BCUT2D eigenvalue weighted by molar-refractivity contribution is -0.137. The molecule has 0 fully saturated rings. The van der Waals surface area contributed by atoms with Gasteiger partial charge in [-0.15, -0.1) is 0 Å². The molecular weight excluding hydrogens is 256 g/mol. The van der Waals surface area contributed by atoms with Crippen LogP contribution in [0.25, 0.3) is 0 Å². The van der Waals surface area contributed by atoms with Crippen LogP contribution in [-0.4, -0.2) is 23.0 Å². The summed E-state index contributed by atoms with van der Waals surface area (Å²) in [4.78, 5) is 21.9. The summed E-state index contributed by atoms with van der Waals surface area (Å²) in [5, 5.41) is 12.2. The molecule has 1 aromatic carbocycles. The van der Waals surface area contributed by atoms with Crippen LogP contribution in [0.15, 0.2) is 24.3 Å². The molecule has 1 atom stereocenters. The van der Waals surface area contributed by atoms with E-state index in [0.717, 1.165) is 12.1 Å². The van der Waals surface area contributed by atoms with Gasteiger partial charge in [-0.05, 0) is 36.1 Å². The van der Waals surface area contributed by atoms with E-state index in [2.05, 4.69) is 26.1 Å². The molecule has 5 nitrogen and oxygen atoms in total. The average Bonchev–Trinajstić information content (AvgIpc) is 2.26. The highest BCUT2D eigenvalue weighted by molar-refractivity contribution is 5.93. The quantitative estimate of drug-likeness (QED) is 0.745. The van der Waals surface area contributed by atoms with Crippen molar-refractivity contribution in [1.29, 1.82) is 0 Å². The number of aliphatic carboxylic acids is 1. The van der Waals surface area contributed by atoms with Gasteiger partial charge in [0.2, 0.25) is 5.91 Å². The van der Waals surface area contributed by atoms with E-state index in [1.54, 1.807) is 24.3 Å². The molecule has 20 heavy (non-hydrogen) atoms. The van der Waals surface area contributed by atoms with Gasteiger partial charge in [-0.2, -0.15) is 0 Å². The molecule has 0 aliphatic carbocycles. The van der Waals surface area contributed by atoms with Crippen molar-refractivity contribution in [3.63, 3.8) is 0 Å². The van der Waals surface area contributed by atoms with Crippen LogP contribution in [0.4, 0.5) is 5.69 Å². The number of nitrogens with two attached hydrogens (primary N) is 1. The number of hydrogen-bond acceptors (Lipinski definition) is 3. The minimum absolute atomic E-state index is 0.0281. The number of carbonyl (C=O) groups is 2. The molecule has 0 bridgehead atoms. The molecule has 0 saturated heterocycles. The second kappa shape index (κ2) is 6.41. The van der Waals surface area contributed by atoms with Gasteiger partial charge in [-0.25, -0.2) is 0 Å². The molecule has 0 heterocycles. The first kappa shape index (κ1) is 16.0. The summed E-state index contributed by atoms with van der Waals surface area (Å²) in [6, 6.07) is 6.56. The van der Waals surface area contributed by atoms with E-state index < -0.39 is 11.9 Å². The Hall–Kier alpha value is -2.04. The van der Waals surface area contributed by atoms with E-state index in [1.165, 1.54) is 0 Å². The highest BCUT2D eigenvalue weighted by atomic mass is 16.4. The van der Waals surface area contributed by atoms with Crippen molar-refractivity contribution in [3.05, 3.63) is 29.8 Å². The molecule has 4 N–H and O–H groups in total. The molecule has 0 aliphatic heterocycles. The maximum absolute atomic E-state index is 11.0. The number of anilines is 1. The average molecular weight is 278 g/mol. The van der Waals surface area contributed by atoms with Crippen molar-refractivity contribution in [2.24, 2.45) is 11.1 Å². The van der Waals surface area contributed by atoms with Gasteiger partial charge in [0.1, 0.15) is 0 Å². The minimum Gasteiger partial charge on any atom is -0.481 e. The molecule has 0 aromatic heterocycles. The standard InChI is InChI=1S/C15H22N2O3/c1-15(2,3)9-12(8-13(18)19)17-11-6-4-10(5-7-11)14(16)20/h4-7,12,17H,8-9H2,1-3H3,(H2,16,20)(H,18,19). The Morgan fingerprint density at radius 3 is 2.20 bits per heavy atom. The summed E-state index contributed by atoms with van der Waals surface area (Å²) in [5.74, 6) is -1.31. The van der Waals surface area contributed by atoms with Crippen LogP contribution in [0.1, 0.15) is 44.0 Å². The van der Waals surface area contributed by atoms with Crippen LogP contribution < -0.4 is 11.1 Å². The van der Waals surface area contributed by atoms with Crippen LogP contribution >= 0.6 is 0 Å². The van der Waals surface area contributed by atoms with Gasteiger partial charge in [0, 0.05) is 17.3 Å². The van der Waals surface area contributed by atoms with E-state index in [1.807, 2.05) is 0 Å². The van der Waals surface area contributed by atoms with E-state index in [9.17, 15) is 9.59 Å². The molecule has 0 saturated carbocycles. The van der Waals surface area contributed by atoms with Crippen LogP contribution in [0.5, 0.6) is 0 Å². The first-order valence-corrected chi connectivity index (χ1v) is 6.55. The molecule has 0 spiro atoms. The van der Waals surface area contributed by atoms with Gasteiger partial charge < -0.3 is 16.2 Å². The maximum Gasteiger partial charge on any atom is 0.305 e. The van der Waals surface area contributed by atoms with E-state index in [0.29, 0.717) is 5.56 Å². The lowest BCUT2D eigenvalue weighted by atomic mass is 9.87. The van der Waals surface area contributed by atoms with Crippen LogP contribution in [0.2, 0.25) is 0 Å². The Labute approximate surface area is 119 Å². The summed E-state index contributed by atoms with van der Waals surface area (Å²) in [7, 11) is 0. The lowest BCUT2D eigenvalue weighted by Crippen LogP contribution is -2.28. The Bertz CT molecular complexity index is 475. The molecule has 1 rings (SSSR count). The van der Waals surface area contributed by atoms with Gasteiger partial charge in [-0.1, -0.05) is 20.8 Å². The Balaban J connectivity index is 2.78. The zero-order chi connectivity index (χ0) is 15.3. The van der Waals surface area contributed by atoms with Crippen molar-refractivity contribution in [2.45, 2.75) is 39.7 Å². The van der Waals surface area contributed by atoms with Crippen molar-refractivity contribution in [3.8, 4) is 0 Å². The molecule has 5 heteroatoms. The molecule has 0 radical (unpaired) electrons. The Kier molecular flexibility index (Phi) is 5.13. The first-order chi connectivity index (χ1) is 9.17. The highest BCUT2D eigenvalue weighted by Crippen LogP contribution is 2.24. The topological polar surface area (TPSA) is 92.4 Å². The first-order valence-electron chi connectivity index (χ1n) is 6.55. The van der Waals surface area contributed by atoms with Crippen LogP contribution in [0.3, 0.4) is 0 Å². The molecular formula is C15H22N2O3. The van der Waals surface area contributed by atoms with Gasteiger partial charge in [0.05, 0.1) is 6.42 Å². The van der Waals surface area contributed by atoms with Crippen molar-refractivity contribution >= 4 is 17.6 Å². The van der Waals surface area contributed by atoms with Crippen LogP contribution in [-0.2, 0) is 4.79 Å². The van der Waals surface area contributed by atoms with Crippen LogP contribution in [0, 0.1) is 5.41 Å². The van der Waals surface area contributed by atoms with Gasteiger partial charge >= 0.3 is 5.97 Å². The minimum atomic E-state index is -0.833. The summed E-state index contributed by atoms with van der Waals surface area (Å²) >= 11 is 0. The lowest BCUT2D eigenvalue weighted by Gasteiger charge is -2.26. The molecule has 110 valence electrons. The predicted molar refractivity (Wildman–Crippen MR) is 78.7 cm³/mol. The second-order valence-corrected chi connectivity index (χ2v) is 6.15. The smallest absolute Gasteiger partial charge is 0.305 e. The third-order valence-corrected chi connectivity index (χ3v) is 2.82. The number of carbonyl (C=O) groups excluding carboxylic acids is 1. The monoisotopic (exact) mass is 278 g/mol. The largest absolute Gasteiger partial charge is 0.481 e. The number of carboxylic acid groups (broad SMARTS) is 1. The summed E-state index contributed by atoms with van der Waals surface area (Å²) in [6.07, 6.45) is 0.783. The Morgan fingerprint density at radius 2 is 1.80 bits per heavy atom. The fourth-order valence-corrected chi connectivity index (χ4v) is 2.09. The van der Waals surface area contributed by atoms with Gasteiger partial charge in [0.15, 0.2) is 0 Å². The summed E-state index contributed by atoms with van der Waals surface area (Å²) < 4.78 is 0. The molecule has 1 unspecified atom stereocenters. The summed E-state index contributed by atoms with van der Waals surface area (Å²) in [6.45, 7) is 6.21. The number of rotatable bonds is 6. The van der Waals surface area contributed by atoms with Gasteiger partial charge in [0.25, 0.3) is 0 Å². The molecule has 0 aliphatic rings. The third kappa shape index (κ3) is 5.73. The van der Waals surface area contributed by atoms with E-state index >= 15 is 0 Å². The number of hydrogen-bond donors (Lipinski definition) is 3. The fraction of sp³-hybridized carbons (Fsp3) is 0.467. The van der Waals surface area contributed by atoms with Crippen molar-refractivity contribution < 1.29 is 14.7 Å². The number of nitrogens with one attached hydrogen (secondary N) is 1.